The summed E-state index contributed by atoms with van der Waals surface area (Å²) >= 11 is 1.92. The Hall–Kier alpha value is -6.49. The molecule has 0 amide bonds. The number of rotatable bonds is 7. The van der Waals surface area contributed by atoms with Gasteiger partial charge in [0, 0.05) is 33.1 Å². The standard InChI is InChI=1S/C53H41N3S/c54-52(56-53(40-22-11-4-12-23-40)55-34-35-25-28-44-41(31-35)27-26-39-21-13-14-24-43(39)44)46-30-29-45(37-17-7-2-8-18-37)51-49(46)48-33-42(36-15-5-1-6-16-36)32-47(50(48)57-51)38-19-9-3-10-20-38/h1-17,19-33,37,46,49H,18,34H2,(H2,54,55,56). The maximum Gasteiger partial charge on any atom is 0.156 e. The van der Waals surface area contributed by atoms with Crippen molar-refractivity contribution in [2.45, 2.75) is 23.8 Å². The van der Waals surface area contributed by atoms with E-state index in [-0.39, 0.29) is 11.8 Å². The highest BCUT2D eigenvalue weighted by molar-refractivity contribution is 8.03. The van der Waals surface area contributed by atoms with E-state index in [0.717, 1.165) is 17.5 Å². The number of nitrogens with zero attached hydrogens (tertiary/aromatic N) is 2. The molecule has 7 aromatic carbocycles. The van der Waals surface area contributed by atoms with Crippen molar-refractivity contribution >= 4 is 45.0 Å². The van der Waals surface area contributed by atoms with Crippen LogP contribution in [0.1, 0.15) is 29.0 Å². The zero-order valence-electron chi connectivity index (χ0n) is 31.5. The van der Waals surface area contributed by atoms with E-state index in [9.17, 15) is 0 Å². The number of allylic oxidation sites excluding steroid dienone is 7. The highest BCUT2D eigenvalue weighted by atomic mass is 32.2. The van der Waals surface area contributed by atoms with Gasteiger partial charge in [0.15, 0.2) is 5.84 Å². The second-order valence-electron chi connectivity index (χ2n) is 15.0. The predicted octanol–water partition coefficient (Wildman–Crippen LogP) is 13.1. The van der Waals surface area contributed by atoms with Crippen molar-refractivity contribution < 1.29 is 0 Å². The van der Waals surface area contributed by atoms with E-state index in [1.165, 1.54) is 64.7 Å². The fourth-order valence-electron chi connectivity index (χ4n) is 8.63. The summed E-state index contributed by atoms with van der Waals surface area (Å²) in [5, 5.41) is 4.97. The Morgan fingerprint density at radius 3 is 2.16 bits per heavy atom. The number of hydrogen-bond donors (Lipinski definition) is 1. The van der Waals surface area contributed by atoms with E-state index < -0.39 is 0 Å². The Bertz CT molecular complexity index is 2830. The topological polar surface area (TPSA) is 50.7 Å². The lowest BCUT2D eigenvalue weighted by molar-refractivity contribution is 0.681. The lowest BCUT2D eigenvalue weighted by Gasteiger charge is -2.30. The molecule has 3 atom stereocenters. The number of thioether (sulfide) groups is 1. The number of aliphatic imine (C=N–C) groups is 2. The minimum absolute atomic E-state index is 0.0199. The third-order valence-electron chi connectivity index (χ3n) is 11.5. The van der Waals surface area contributed by atoms with E-state index in [0.29, 0.717) is 24.1 Å². The van der Waals surface area contributed by atoms with E-state index in [4.69, 9.17) is 15.7 Å². The Labute approximate surface area is 338 Å². The Morgan fingerprint density at radius 2 is 1.37 bits per heavy atom. The van der Waals surface area contributed by atoms with Gasteiger partial charge in [0.1, 0.15) is 5.84 Å². The second kappa shape index (κ2) is 15.2. The van der Waals surface area contributed by atoms with Crippen molar-refractivity contribution in [3.63, 3.8) is 0 Å². The van der Waals surface area contributed by atoms with Gasteiger partial charge in [0.2, 0.25) is 0 Å². The smallest absolute Gasteiger partial charge is 0.156 e. The van der Waals surface area contributed by atoms with Gasteiger partial charge < -0.3 is 5.73 Å². The normalized spacial score (nSPS) is 19.0. The van der Waals surface area contributed by atoms with Crippen LogP contribution in [0.25, 0.3) is 43.8 Å². The number of nitrogens with two attached hydrogens (primary N) is 1. The van der Waals surface area contributed by atoms with Crippen LogP contribution in [0.5, 0.6) is 0 Å². The molecule has 57 heavy (non-hydrogen) atoms. The molecule has 3 unspecified atom stereocenters. The van der Waals surface area contributed by atoms with Gasteiger partial charge in [-0.3, -0.25) is 4.99 Å². The highest BCUT2D eigenvalue weighted by Crippen LogP contribution is 2.59. The van der Waals surface area contributed by atoms with E-state index >= 15 is 0 Å². The maximum absolute atomic E-state index is 7.28. The minimum Gasteiger partial charge on any atom is -0.387 e. The van der Waals surface area contributed by atoms with Crippen molar-refractivity contribution in [2.24, 2.45) is 27.6 Å². The molecule has 3 nitrogen and oxygen atoms in total. The van der Waals surface area contributed by atoms with Crippen LogP contribution >= 0.6 is 11.8 Å². The first-order valence-corrected chi connectivity index (χ1v) is 20.6. The summed E-state index contributed by atoms with van der Waals surface area (Å²) in [5.74, 6) is 1.38. The molecule has 0 saturated carbocycles. The Morgan fingerprint density at radius 1 is 0.649 bits per heavy atom. The third kappa shape index (κ3) is 6.77. The van der Waals surface area contributed by atoms with Crippen molar-refractivity contribution in [1.29, 1.82) is 0 Å². The third-order valence-corrected chi connectivity index (χ3v) is 12.8. The quantitative estimate of drug-likeness (QED) is 0.100. The van der Waals surface area contributed by atoms with E-state index in [1.54, 1.807) is 0 Å². The van der Waals surface area contributed by atoms with Crippen molar-refractivity contribution in [2.75, 3.05) is 0 Å². The first-order chi connectivity index (χ1) is 28.2. The summed E-state index contributed by atoms with van der Waals surface area (Å²) in [7, 11) is 0. The van der Waals surface area contributed by atoms with Crippen molar-refractivity contribution in [1.82, 2.24) is 0 Å². The summed E-state index contributed by atoms with van der Waals surface area (Å²) in [4.78, 5) is 13.1. The average Bonchev–Trinajstić information content (AvgIpc) is 3.68. The van der Waals surface area contributed by atoms with Gasteiger partial charge in [-0.25, -0.2) is 4.99 Å². The molecular weight excluding hydrogens is 711 g/mol. The SMILES string of the molecule is NC(=NC(=NCc1ccc2c(ccc3ccccc32)c1)c1ccccc1)C1C=CC(C2C=CC=CC2)=C2Sc3c(-c4ccccc4)cc(-c4ccccc4)cc3C21. The molecule has 2 aliphatic carbocycles. The molecule has 0 radical (unpaired) electrons. The van der Waals surface area contributed by atoms with Crippen LogP contribution < -0.4 is 5.73 Å². The number of hydrogen-bond acceptors (Lipinski definition) is 2. The van der Waals surface area contributed by atoms with Crippen LogP contribution in [0.2, 0.25) is 0 Å². The molecule has 274 valence electrons. The first-order valence-electron chi connectivity index (χ1n) is 19.7. The molecule has 10 rings (SSSR count). The lowest BCUT2D eigenvalue weighted by atomic mass is 9.76. The van der Waals surface area contributed by atoms with Gasteiger partial charge in [0.05, 0.1) is 6.54 Å². The Kier molecular flexibility index (Phi) is 9.33. The fourth-order valence-corrected chi connectivity index (χ4v) is 10.2. The lowest BCUT2D eigenvalue weighted by Crippen LogP contribution is -2.31. The van der Waals surface area contributed by atoms with Gasteiger partial charge >= 0.3 is 0 Å². The van der Waals surface area contributed by atoms with Gasteiger partial charge in [-0.15, -0.1) is 0 Å². The van der Waals surface area contributed by atoms with Crippen molar-refractivity contribution in [3.05, 3.63) is 221 Å². The number of benzene rings is 7. The summed E-state index contributed by atoms with van der Waals surface area (Å²) < 4.78 is 0. The fraction of sp³-hybridized carbons (Fsp3) is 0.0943. The molecule has 7 aromatic rings. The maximum atomic E-state index is 7.28. The van der Waals surface area contributed by atoms with Crippen LogP contribution in [0.15, 0.2) is 220 Å². The molecule has 0 bridgehead atoms. The van der Waals surface area contributed by atoms with E-state index in [2.05, 4.69) is 176 Å². The summed E-state index contributed by atoms with van der Waals surface area (Å²) in [6, 6.07) is 56.2. The monoisotopic (exact) mass is 751 g/mol. The van der Waals surface area contributed by atoms with Crippen molar-refractivity contribution in [3.8, 4) is 22.3 Å². The number of fused-ring (bicyclic) bond motifs is 6. The molecule has 3 aliphatic rings. The molecule has 4 heteroatoms. The summed E-state index contributed by atoms with van der Waals surface area (Å²) in [5.41, 5.74) is 16.9. The van der Waals surface area contributed by atoms with Crippen LogP contribution in [-0.2, 0) is 6.54 Å². The molecule has 0 spiro atoms. The molecule has 2 N–H and O–H groups in total. The molecule has 1 heterocycles. The van der Waals surface area contributed by atoms with Gasteiger partial charge in [-0.05, 0) is 85.1 Å². The molecule has 1 aliphatic heterocycles. The molecule has 0 aromatic heterocycles. The highest BCUT2D eigenvalue weighted by Gasteiger charge is 2.41. The Balaban J connectivity index is 1.08. The zero-order valence-corrected chi connectivity index (χ0v) is 32.3. The minimum atomic E-state index is -0.155. The van der Waals surface area contributed by atoms with Crippen LogP contribution in [0.3, 0.4) is 0 Å². The van der Waals surface area contributed by atoms with Gasteiger partial charge in [0.25, 0.3) is 0 Å². The largest absolute Gasteiger partial charge is 0.387 e. The van der Waals surface area contributed by atoms with Crippen LogP contribution in [0.4, 0.5) is 0 Å². The van der Waals surface area contributed by atoms with Gasteiger partial charge in [-0.2, -0.15) is 0 Å². The number of amidine groups is 2. The van der Waals surface area contributed by atoms with Crippen LogP contribution in [-0.4, -0.2) is 11.7 Å². The molecular formula is C53H41N3S. The predicted molar refractivity (Wildman–Crippen MR) is 242 cm³/mol. The van der Waals surface area contributed by atoms with E-state index in [1.807, 2.05) is 30.0 Å². The first kappa shape index (κ1) is 35.0. The van der Waals surface area contributed by atoms with Crippen LogP contribution in [0, 0.1) is 11.8 Å². The molecule has 0 fully saturated rings. The zero-order chi connectivity index (χ0) is 38.1. The summed E-state index contributed by atoms with van der Waals surface area (Å²) in [6.07, 6.45) is 14.6. The van der Waals surface area contributed by atoms with Gasteiger partial charge in [-0.1, -0.05) is 188 Å². The summed E-state index contributed by atoms with van der Waals surface area (Å²) in [6.45, 7) is 0.490. The second-order valence-corrected chi connectivity index (χ2v) is 16.1. The molecule has 0 saturated heterocycles. The average molecular weight is 752 g/mol.